The molecule has 2 aliphatic carbocycles. The molecule has 3 aliphatic rings. The molecule has 0 amide bonds. The Morgan fingerprint density at radius 3 is 3.12 bits per heavy atom. The van der Waals surface area contributed by atoms with Crippen LogP contribution in [0.2, 0.25) is 0 Å². The van der Waals surface area contributed by atoms with Crippen molar-refractivity contribution < 1.29 is 4.79 Å². The first kappa shape index (κ1) is 9.64. The lowest BCUT2D eigenvalue weighted by Gasteiger charge is -2.29. The number of allylic oxidation sites excluding steroid dienone is 5. The molecule has 1 aliphatic heterocycles. The summed E-state index contributed by atoms with van der Waals surface area (Å²) in [6.45, 7) is 3.88. The summed E-state index contributed by atoms with van der Waals surface area (Å²) >= 11 is 0. The van der Waals surface area contributed by atoms with E-state index in [1.807, 2.05) is 0 Å². The van der Waals surface area contributed by atoms with Crippen molar-refractivity contribution in [1.82, 2.24) is 4.90 Å². The van der Waals surface area contributed by atoms with Crippen LogP contribution in [0.4, 0.5) is 0 Å². The van der Waals surface area contributed by atoms with Gasteiger partial charge in [-0.25, -0.2) is 0 Å². The molecule has 0 aromatic carbocycles. The standard InChI is InChI=1S/C14H15NO/c1-9-7-8-12-13(14(9)16)10-5-3-4-6-11(10)15(12)2/h3-4,6,12H,1,5,7-8H2,2H3/t12-/m0/s1. The minimum absolute atomic E-state index is 0.191. The number of likely N-dealkylation sites (N-methyl/N-ethyl adjacent to an activating group) is 1. The number of carbonyl (C=O) groups is 1. The van der Waals surface area contributed by atoms with Gasteiger partial charge in [-0.3, -0.25) is 4.79 Å². The Morgan fingerprint density at radius 1 is 1.50 bits per heavy atom. The topological polar surface area (TPSA) is 20.3 Å². The minimum atomic E-state index is 0.191. The van der Waals surface area contributed by atoms with Gasteiger partial charge in [0.05, 0.1) is 6.04 Å². The van der Waals surface area contributed by atoms with Crippen LogP contribution in [0.15, 0.2) is 47.2 Å². The first-order valence-corrected chi connectivity index (χ1v) is 5.75. The van der Waals surface area contributed by atoms with Crippen LogP contribution in [0.25, 0.3) is 0 Å². The van der Waals surface area contributed by atoms with Crippen LogP contribution in [-0.2, 0) is 4.79 Å². The highest BCUT2D eigenvalue weighted by Crippen LogP contribution is 2.42. The third kappa shape index (κ3) is 1.10. The van der Waals surface area contributed by atoms with E-state index in [1.165, 1.54) is 11.3 Å². The lowest BCUT2D eigenvalue weighted by molar-refractivity contribution is -0.113. The molecule has 3 rings (SSSR count). The third-order valence-corrected chi connectivity index (χ3v) is 3.81. The van der Waals surface area contributed by atoms with Gasteiger partial charge in [0.1, 0.15) is 0 Å². The highest BCUT2D eigenvalue weighted by molar-refractivity contribution is 6.11. The zero-order valence-electron chi connectivity index (χ0n) is 9.49. The average Bonchev–Trinajstić information content (AvgIpc) is 2.59. The number of ketones is 1. The molecule has 1 heterocycles. The van der Waals surface area contributed by atoms with Gasteiger partial charge in [0, 0.05) is 18.3 Å². The molecule has 2 heteroatoms. The Kier molecular flexibility index (Phi) is 1.93. The van der Waals surface area contributed by atoms with Gasteiger partial charge in [-0.2, -0.15) is 0 Å². The van der Waals surface area contributed by atoms with Crippen molar-refractivity contribution in [1.29, 1.82) is 0 Å². The van der Waals surface area contributed by atoms with Gasteiger partial charge in [0.15, 0.2) is 5.78 Å². The summed E-state index contributed by atoms with van der Waals surface area (Å²) in [6, 6.07) is 0.291. The van der Waals surface area contributed by atoms with E-state index >= 15 is 0 Å². The number of carbonyl (C=O) groups excluding carboxylic acids is 1. The Balaban J connectivity index is 2.15. The van der Waals surface area contributed by atoms with Crippen molar-refractivity contribution in [3.05, 3.63) is 47.2 Å². The fourth-order valence-electron chi connectivity index (χ4n) is 2.93. The maximum atomic E-state index is 12.2. The molecule has 0 N–H and O–H groups in total. The normalized spacial score (nSPS) is 28.2. The summed E-state index contributed by atoms with van der Waals surface area (Å²) in [5, 5.41) is 0. The predicted octanol–water partition coefficient (Wildman–Crippen LogP) is 2.36. The van der Waals surface area contributed by atoms with Gasteiger partial charge in [0.25, 0.3) is 0 Å². The molecule has 1 saturated carbocycles. The molecular formula is C14H15NO. The lowest BCUT2D eigenvalue weighted by Crippen LogP contribution is -2.33. The molecule has 16 heavy (non-hydrogen) atoms. The van der Waals surface area contributed by atoms with Crippen LogP contribution >= 0.6 is 0 Å². The van der Waals surface area contributed by atoms with Crippen molar-refractivity contribution in [3.8, 4) is 0 Å². The SMILES string of the molecule is C=C1CC[C@H]2C(=C3CC=CC=C3N2C)C1=O. The van der Waals surface area contributed by atoms with E-state index in [0.717, 1.165) is 30.4 Å². The monoisotopic (exact) mass is 213 g/mol. The van der Waals surface area contributed by atoms with Gasteiger partial charge in [-0.1, -0.05) is 18.7 Å². The van der Waals surface area contributed by atoms with E-state index in [9.17, 15) is 4.79 Å². The number of fused-ring (bicyclic) bond motifs is 2. The zero-order valence-corrected chi connectivity index (χ0v) is 9.49. The predicted molar refractivity (Wildman–Crippen MR) is 63.8 cm³/mol. The van der Waals surface area contributed by atoms with Crippen LogP contribution < -0.4 is 0 Å². The smallest absolute Gasteiger partial charge is 0.186 e. The number of hydrogen-bond acceptors (Lipinski definition) is 2. The largest absolute Gasteiger partial charge is 0.367 e. The van der Waals surface area contributed by atoms with Gasteiger partial charge >= 0.3 is 0 Å². The number of nitrogens with zero attached hydrogens (tertiary/aromatic N) is 1. The van der Waals surface area contributed by atoms with Crippen molar-refractivity contribution in [2.45, 2.75) is 25.3 Å². The van der Waals surface area contributed by atoms with Gasteiger partial charge in [-0.15, -0.1) is 0 Å². The number of hydrogen-bond donors (Lipinski definition) is 0. The van der Waals surface area contributed by atoms with Crippen LogP contribution in [0.1, 0.15) is 19.3 Å². The maximum absolute atomic E-state index is 12.2. The molecular weight excluding hydrogens is 198 g/mol. The van der Waals surface area contributed by atoms with E-state index in [2.05, 4.69) is 36.8 Å². The summed E-state index contributed by atoms with van der Waals surface area (Å²) in [4.78, 5) is 14.4. The maximum Gasteiger partial charge on any atom is 0.186 e. The lowest BCUT2D eigenvalue weighted by atomic mass is 9.84. The van der Waals surface area contributed by atoms with Crippen molar-refractivity contribution in [2.75, 3.05) is 7.05 Å². The van der Waals surface area contributed by atoms with E-state index in [4.69, 9.17) is 0 Å². The van der Waals surface area contributed by atoms with E-state index in [-0.39, 0.29) is 5.78 Å². The molecule has 0 saturated heterocycles. The van der Waals surface area contributed by atoms with Crippen molar-refractivity contribution in [2.24, 2.45) is 0 Å². The van der Waals surface area contributed by atoms with Crippen LogP contribution in [-0.4, -0.2) is 23.8 Å². The fraction of sp³-hybridized carbons (Fsp3) is 0.357. The van der Waals surface area contributed by atoms with Crippen LogP contribution in [0.5, 0.6) is 0 Å². The number of Topliss-reactive ketones (excluding diaryl/α,β-unsaturated/α-hetero) is 1. The van der Waals surface area contributed by atoms with Crippen LogP contribution in [0.3, 0.4) is 0 Å². The highest BCUT2D eigenvalue weighted by atomic mass is 16.1. The van der Waals surface area contributed by atoms with Gasteiger partial charge in [0.2, 0.25) is 0 Å². The molecule has 0 bridgehead atoms. The molecule has 1 atom stereocenters. The number of rotatable bonds is 0. The van der Waals surface area contributed by atoms with Crippen molar-refractivity contribution >= 4 is 5.78 Å². The van der Waals surface area contributed by atoms with Gasteiger partial charge in [-0.05, 0) is 36.5 Å². The molecule has 0 radical (unpaired) electrons. The van der Waals surface area contributed by atoms with Crippen molar-refractivity contribution in [3.63, 3.8) is 0 Å². The summed E-state index contributed by atoms with van der Waals surface area (Å²) in [7, 11) is 2.09. The second-order valence-corrected chi connectivity index (χ2v) is 4.67. The Morgan fingerprint density at radius 2 is 2.31 bits per heavy atom. The van der Waals surface area contributed by atoms with E-state index in [1.54, 1.807) is 0 Å². The molecule has 0 spiro atoms. The second-order valence-electron chi connectivity index (χ2n) is 4.67. The summed E-state index contributed by atoms with van der Waals surface area (Å²) in [5.74, 6) is 0.191. The average molecular weight is 213 g/mol. The second kappa shape index (κ2) is 3.21. The summed E-state index contributed by atoms with van der Waals surface area (Å²) in [6.07, 6.45) is 9.06. The third-order valence-electron chi connectivity index (χ3n) is 3.81. The quantitative estimate of drug-likeness (QED) is 0.576. The Labute approximate surface area is 95.6 Å². The zero-order chi connectivity index (χ0) is 11.3. The fourth-order valence-corrected chi connectivity index (χ4v) is 2.93. The first-order valence-electron chi connectivity index (χ1n) is 5.75. The molecule has 2 nitrogen and oxygen atoms in total. The molecule has 0 unspecified atom stereocenters. The molecule has 82 valence electrons. The van der Waals surface area contributed by atoms with Gasteiger partial charge < -0.3 is 4.90 Å². The van der Waals surface area contributed by atoms with E-state index in [0.29, 0.717) is 6.04 Å². The summed E-state index contributed by atoms with van der Waals surface area (Å²) < 4.78 is 0. The molecule has 0 aromatic rings. The minimum Gasteiger partial charge on any atom is -0.367 e. The highest BCUT2D eigenvalue weighted by Gasteiger charge is 2.40. The van der Waals surface area contributed by atoms with E-state index < -0.39 is 0 Å². The molecule has 1 fully saturated rings. The van der Waals surface area contributed by atoms with Crippen LogP contribution in [0, 0.1) is 0 Å². The first-order chi connectivity index (χ1) is 7.70. The Bertz CT molecular complexity index is 479. The Hall–Kier alpha value is -1.57. The summed E-state index contributed by atoms with van der Waals surface area (Å²) in [5.41, 5.74) is 4.24. The molecule has 0 aromatic heterocycles.